The van der Waals surface area contributed by atoms with Gasteiger partial charge in [0.2, 0.25) is 0 Å². The number of rotatable bonds is 5. The average Bonchev–Trinajstić information content (AvgIpc) is 2.69. The van der Waals surface area contributed by atoms with Crippen molar-refractivity contribution in [1.29, 1.82) is 0 Å². The van der Waals surface area contributed by atoms with Crippen molar-refractivity contribution in [2.45, 2.75) is 33.3 Å². The third-order valence-electron chi connectivity index (χ3n) is 4.56. The second-order valence-electron chi connectivity index (χ2n) is 8.16. The second kappa shape index (κ2) is 8.73. The summed E-state index contributed by atoms with van der Waals surface area (Å²) in [5, 5.41) is 0.794. The number of nitrogens with zero attached hydrogens (tertiary/aromatic N) is 4. The Hall–Kier alpha value is -3.10. The molecule has 3 rings (SSSR count). The van der Waals surface area contributed by atoms with Crippen molar-refractivity contribution in [3.63, 3.8) is 0 Å². The van der Waals surface area contributed by atoms with Crippen LogP contribution in [0.4, 0.5) is 10.6 Å². The Labute approximate surface area is 175 Å². The van der Waals surface area contributed by atoms with E-state index in [1.54, 1.807) is 24.1 Å². The monoisotopic (exact) mass is 416 g/mol. The number of ether oxygens (including phenoxy) is 3. The number of anilines is 1. The molecule has 162 valence electrons. The number of methoxy groups -OCH3 is 1. The molecule has 0 atom stereocenters. The second-order valence-corrected chi connectivity index (χ2v) is 8.16. The normalized spacial score (nSPS) is 14.6. The van der Waals surface area contributed by atoms with Crippen molar-refractivity contribution in [3.05, 3.63) is 18.5 Å². The van der Waals surface area contributed by atoms with Gasteiger partial charge in [0.25, 0.3) is 0 Å². The predicted molar refractivity (Wildman–Crippen MR) is 112 cm³/mol. The minimum atomic E-state index is -0.521. The van der Waals surface area contributed by atoms with E-state index in [-0.39, 0.29) is 18.5 Å². The topological polar surface area (TPSA) is 94.1 Å². The van der Waals surface area contributed by atoms with Crippen LogP contribution < -0.4 is 14.4 Å². The number of carbonyl (C=O) groups is 2. The lowest BCUT2D eigenvalue weighted by molar-refractivity contribution is -0.118. The summed E-state index contributed by atoms with van der Waals surface area (Å²) in [7, 11) is 1.54. The molecule has 1 aliphatic rings. The van der Waals surface area contributed by atoms with Crippen LogP contribution in [0.1, 0.15) is 27.7 Å². The summed E-state index contributed by atoms with van der Waals surface area (Å²) in [6, 6.07) is 3.57. The van der Waals surface area contributed by atoms with Crippen LogP contribution in [0.3, 0.4) is 0 Å². The van der Waals surface area contributed by atoms with E-state index in [2.05, 4.69) is 14.9 Å². The molecule has 1 aliphatic heterocycles. The van der Waals surface area contributed by atoms with Crippen molar-refractivity contribution in [2.75, 3.05) is 44.8 Å². The van der Waals surface area contributed by atoms with E-state index in [0.29, 0.717) is 43.2 Å². The minimum absolute atomic E-state index is 0.0422. The maximum absolute atomic E-state index is 12.3. The Morgan fingerprint density at radius 1 is 1.07 bits per heavy atom. The van der Waals surface area contributed by atoms with Gasteiger partial charge in [-0.3, -0.25) is 4.79 Å². The lowest BCUT2D eigenvalue weighted by Crippen LogP contribution is -2.50. The van der Waals surface area contributed by atoms with Crippen LogP contribution in [0.15, 0.2) is 18.5 Å². The summed E-state index contributed by atoms with van der Waals surface area (Å²) in [5.74, 6) is 1.63. The first kappa shape index (κ1) is 21.6. The summed E-state index contributed by atoms with van der Waals surface area (Å²) in [5.41, 5.74) is 0.188. The van der Waals surface area contributed by atoms with Crippen molar-refractivity contribution >= 4 is 28.6 Å². The molecule has 30 heavy (non-hydrogen) atoms. The number of fused-ring (bicyclic) bond motifs is 1. The van der Waals surface area contributed by atoms with Crippen LogP contribution in [-0.4, -0.2) is 72.2 Å². The van der Waals surface area contributed by atoms with Crippen LogP contribution in [0.2, 0.25) is 0 Å². The molecule has 2 aromatic rings. The van der Waals surface area contributed by atoms with Gasteiger partial charge in [-0.05, 0) is 33.8 Å². The van der Waals surface area contributed by atoms with Gasteiger partial charge in [-0.1, -0.05) is 0 Å². The van der Waals surface area contributed by atoms with Crippen LogP contribution in [-0.2, 0) is 9.53 Å². The molecule has 1 aromatic carbocycles. The number of benzene rings is 1. The molecule has 1 fully saturated rings. The fourth-order valence-electron chi connectivity index (χ4n) is 3.18. The quantitative estimate of drug-likeness (QED) is 0.734. The highest BCUT2D eigenvalue weighted by molar-refractivity contribution is 5.92. The zero-order chi connectivity index (χ0) is 21.9. The summed E-state index contributed by atoms with van der Waals surface area (Å²) in [4.78, 5) is 36.3. The number of Topliss-reactive ketones (excluding diaryl/α,β-unsaturated/α-hetero) is 1. The van der Waals surface area contributed by atoms with E-state index in [1.165, 1.54) is 13.3 Å². The van der Waals surface area contributed by atoms with Crippen molar-refractivity contribution in [1.82, 2.24) is 14.9 Å². The number of hydrogen-bond acceptors (Lipinski definition) is 8. The average molecular weight is 416 g/mol. The molecule has 0 spiro atoms. The molecule has 2 heterocycles. The summed E-state index contributed by atoms with van der Waals surface area (Å²) >= 11 is 0. The fourth-order valence-corrected chi connectivity index (χ4v) is 3.18. The highest BCUT2D eigenvalue weighted by atomic mass is 16.6. The lowest BCUT2D eigenvalue weighted by Gasteiger charge is -2.36. The molecule has 1 saturated heterocycles. The van der Waals surface area contributed by atoms with Crippen LogP contribution in [0.25, 0.3) is 10.9 Å². The summed E-state index contributed by atoms with van der Waals surface area (Å²) < 4.78 is 16.5. The summed E-state index contributed by atoms with van der Waals surface area (Å²) in [6.07, 6.45) is 1.20. The van der Waals surface area contributed by atoms with Gasteiger partial charge in [-0.25, -0.2) is 14.8 Å². The number of hydrogen-bond donors (Lipinski definition) is 0. The standard InChI is InChI=1S/C21H28N4O5/c1-14(26)12-29-18-10-15-16(11-17(18)28-5)22-13-23-19(15)24-6-8-25(9-7-24)20(27)30-21(2,3)4/h10-11,13H,6-9,12H2,1-5H3. The molecular formula is C21H28N4O5. The number of amides is 1. The summed E-state index contributed by atoms with van der Waals surface area (Å²) in [6.45, 7) is 9.28. The number of ketones is 1. The van der Waals surface area contributed by atoms with E-state index in [0.717, 1.165) is 11.2 Å². The molecule has 9 nitrogen and oxygen atoms in total. The van der Waals surface area contributed by atoms with Crippen molar-refractivity contribution in [2.24, 2.45) is 0 Å². The molecular weight excluding hydrogens is 388 g/mol. The molecule has 1 aromatic heterocycles. The van der Waals surface area contributed by atoms with Crippen LogP contribution in [0.5, 0.6) is 11.5 Å². The Balaban J connectivity index is 1.82. The molecule has 0 bridgehead atoms. The first-order valence-electron chi connectivity index (χ1n) is 9.86. The highest BCUT2D eigenvalue weighted by Crippen LogP contribution is 2.35. The van der Waals surface area contributed by atoms with E-state index in [4.69, 9.17) is 14.2 Å². The minimum Gasteiger partial charge on any atom is -0.493 e. The van der Waals surface area contributed by atoms with Gasteiger partial charge in [0.05, 0.1) is 12.6 Å². The van der Waals surface area contributed by atoms with Gasteiger partial charge in [-0.2, -0.15) is 0 Å². The maximum Gasteiger partial charge on any atom is 0.410 e. The molecule has 1 amide bonds. The lowest BCUT2D eigenvalue weighted by atomic mass is 10.2. The Morgan fingerprint density at radius 2 is 1.77 bits per heavy atom. The van der Waals surface area contributed by atoms with Gasteiger partial charge in [-0.15, -0.1) is 0 Å². The first-order chi connectivity index (χ1) is 14.2. The zero-order valence-corrected chi connectivity index (χ0v) is 18.1. The Morgan fingerprint density at radius 3 is 2.37 bits per heavy atom. The highest BCUT2D eigenvalue weighted by Gasteiger charge is 2.27. The number of aromatic nitrogens is 2. The van der Waals surface area contributed by atoms with E-state index >= 15 is 0 Å². The SMILES string of the molecule is COc1cc2ncnc(N3CCN(C(=O)OC(C)(C)C)CC3)c2cc1OCC(C)=O. The van der Waals surface area contributed by atoms with Crippen molar-refractivity contribution < 1.29 is 23.8 Å². The van der Waals surface area contributed by atoms with Gasteiger partial charge in [0.1, 0.15) is 24.4 Å². The smallest absolute Gasteiger partial charge is 0.410 e. The van der Waals surface area contributed by atoms with E-state index in [9.17, 15) is 9.59 Å². The Kier molecular flexibility index (Phi) is 6.28. The van der Waals surface area contributed by atoms with E-state index in [1.807, 2.05) is 20.8 Å². The molecule has 0 N–H and O–H groups in total. The molecule has 0 aliphatic carbocycles. The zero-order valence-electron chi connectivity index (χ0n) is 18.1. The van der Waals surface area contributed by atoms with E-state index < -0.39 is 5.60 Å². The van der Waals surface area contributed by atoms with Gasteiger partial charge in [0.15, 0.2) is 17.3 Å². The van der Waals surface area contributed by atoms with Gasteiger partial charge < -0.3 is 24.0 Å². The molecule has 9 heteroatoms. The number of piperazine rings is 1. The van der Waals surface area contributed by atoms with Crippen molar-refractivity contribution in [3.8, 4) is 11.5 Å². The van der Waals surface area contributed by atoms with Gasteiger partial charge >= 0.3 is 6.09 Å². The largest absolute Gasteiger partial charge is 0.493 e. The predicted octanol–water partition coefficient (Wildman–Crippen LogP) is 2.66. The molecule has 0 unspecified atom stereocenters. The van der Waals surface area contributed by atoms with Gasteiger partial charge in [0, 0.05) is 37.6 Å². The molecule has 0 radical (unpaired) electrons. The Bertz CT molecular complexity index is 933. The van der Waals surface area contributed by atoms with Crippen LogP contribution >= 0.6 is 0 Å². The molecule has 0 saturated carbocycles. The first-order valence-corrected chi connectivity index (χ1v) is 9.86. The third kappa shape index (κ3) is 5.08. The van der Waals surface area contributed by atoms with Crippen LogP contribution in [0, 0.1) is 0 Å². The maximum atomic E-state index is 12.3. The third-order valence-corrected chi connectivity index (χ3v) is 4.56. The number of carbonyl (C=O) groups excluding carboxylic acids is 2. The fraction of sp³-hybridized carbons (Fsp3) is 0.524.